The van der Waals surface area contributed by atoms with E-state index in [0.29, 0.717) is 0 Å². The van der Waals surface area contributed by atoms with Gasteiger partial charge < -0.3 is 10.5 Å². The fraction of sp³-hybridized carbons (Fsp3) is 0.714. The molecule has 98 valence electrons. The molecule has 17 heavy (non-hydrogen) atoms. The molecule has 0 aliphatic rings. The molecular weight excluding hydrogens is 230 g/mol. The van der Waals surface area contributed by atoms with Crippen LogP contribution in [0, 0.1) is 6.92 Å². The highest BCUT2D eigenvalue weighted by Crippen LogP contribution is 2.28. The van der Waals surface area contributed by atoms with Crippen molar-refractivity contribution < 1.29 is 4.74 Å². The van der Waals surface area contributed by atoms with Gasteiger partial charge in [0.05, 0.1) is 0 Å². The lowest BCUT2D eigenvalue weighted by Gasteiger charge is -2.22. The van der Waals surface area contributed by atoms with Gasteiger partial charge in [-0.25, -0.2) is 0 Å². The molecule has 1 aromatic rings. The van der Waals surface area contributed by atoms with Gasteiger partial charge in [0, 0.05) is 22.4 Å². The number of rotatable bonds is 8. The summed E-state index contributed by atoms with van der Waals surface area (Å²) in [7, 11) is 0. The lowest BCUT2D eigenvalue weighted by Crippen LogP contribution is -2.29. The number of ether oxygens (including phenoxy) is 1. The number of thiophene rings is 1. The molecule has 0 saturated carbocycles. The third-order valence-electron chi connectivity index (χ3n) is 2.95. The third kappa shape index (κ3) is 4.78. The summed E-state index contributed by atoms with van der Waals surface area (Å²) >= 11 is 1.80. The second-order valence-electron chi connectivity index (χ2n) is 4.52. The van der Waals surface area contributed by atoms with Gasteiger partial charge in [-0.15, -0.1) is 11.3 Å². The SMILES string of the molecule is CCCCCOC(c1ccc(C)s1)C(N)CC. The van der Waals surface area contributed by atoms with E-state index in [0.717, 1.165) is 19.4 Å². The second kappa shape index (κ2) is 7.85. The average molecular weight is 255 g/mol. The Morgan fingerprint density at radius 2 is 2.06 bits per heavy atom. The maximum atomic E-state index is 6.15. The molecule has 2 unspecified atom stereocenters. The first-order chi connectivity index (χ1) is 8.19. The highest BCUT2D eigenvalue weighted by Gasteiger charge is 2.20. The summed E-state index contributed by atoms with van der Waals surface area (Å²) in [6.07, 6.45) is 4.63. The molecule has 2 nitrogen and oxygen atoms in total. The maximum Gasteiger partial charge on any atom is 0.107 e. The zero-order valence-electron chi connectivity index (χ0n) is 11.2. The van der Waals surface area contributed by atoms with Crippen LogP contribution in [0.25, 0.3) is 0 Å². The van der Waals surface area contributed by atoms with E-state index in [4.69, 9.17) is 10.5 Å². The largest absolute Gasteiger partial charge is 0.371 e. The van der Waals surface area contributed by atoms with Crippen molar-refractivity contribution in [1.82, 2.24) is 0 Å². The highest BCUT2D eigenvalue weighted by molar-refractivity contribution is 7.12. The van der Waals surface area contributed by atoms with Crippen molar-refractivity contribution in [2.24, 2.45) is 5.73 Å². The molecule has 3 heteroatoms. The monoisotopic (exact) mass is 255 g/mol. The van der Waals surface area contributed by atoms with E-state index in [9.17, 15) is 0 Å². The van der Waals surface area contributed by atoms with Crippen LogP contribution in [0.2, 0.25) is 0 Å². The molecule has 1 rings (SSSR count). The first kappa shape index (κ1) is 14.7. The van der Waals surface area contributed by atoms with E-state index >= 15 is 0 Å². The first-order valence-corrected chi connectivity index (χ1v) is 7.44. The van der Waals surface area contributed by atoms with E-state index in [1.54, 1.807) is 11.3 Å². The van der Waals surface area contributed by atoms with Crippen LogP contribution in [0.15, 0.2) is 12.1 Å². The zero-order chi connectivity index (χ0) is 12.7. The lowest BCUT2D eigenvalue weighted by molar-refractivity contribution is 0.0336. The Bertz CT molecular complexity index is 311. The standard InChI is InChI=1S/C14H25NOS/c1-4-6-7-10-16-14(12(15)5-2)13-9-8-11(3)17-13/h8-9,12,14H,4-7,10,15H2,1-3H3. The molecule has 0 spiro atoms. The number of nitrogens with two attached hydrogens (primary N) is 1. The molecule has 1 aromatic heterocycles. The lowest BCUT2D eigenvalue weighted by atomic mass is 10.1. The van der Waals surface area contributed by atoms with Gasteiger partial charge in [-0.2, -0.15) is 0 Å². The van der Waals surface area contributed by atoms with Crippen LogP contribution >= 0.6 is 11.3 Å². The van der Waals surface area contributed by atoms with E-state index < -0.39 is 0 Å². The summed E-state index contributed by atoms with van der Waals surface area (Å²) in [6.45, 7) is 7.27. The summed E-state index contributed by atoms with van der Waals surface area (Å²) < 4.78 is 5.98. The molecule has 0 fully saturated rings. The first-order valence-electron chi connectivity index (χ1n) is 6.62. The molecule has 0 aromatic carbocycles. The molecule has 0 aliphatic carbocycles. The molecule has 1 heterocycles. The van der Waals surface area contributed by atoms with E-state index in [2.05, 4.69) is 32.9 Å². The van der Waals surface area contributed by atoms with Crippen LogP contribution in [-0.2, 0) is 4.74 Å². The second-order valence-corrected chi connectivity index (χ2v) is 5.84. The van der Waals surface area contributed by atoms with Gasteiger partial charge in [0.25, 0.3) is 0 Å². The van der Waals surface area contributed by atoms with Crippen LogP contribution in [0.4, 0.5) is 0 Å². The molecule has 0 radical (unpaired) electrons. The quantitative estimate of drug-likeness (QED) is 0.711. The number of hydrogen-bond acceptors (Lipinski definition) is 3. The van der Waals surface area contributed by atoms with Crippen molar-refractivity contribution in [3.05, 3.63) is 21.9 Å². The van der Waals surface area contributed by atoms with Gasteiger partial charge >= 0.3 is 0 Å². The fourth-order valence-electron chi connectivity index (χ4n) is 1.80. The van der Waals surface area contributed by atoms with Gasteiger partial charge in [-0.1, -0.05) is 26.7 Å². The van der Waals surface area contributed by atoms with Gasteiger partial charge in [-0.3, -0.25) is 0 Å². The number of aryl methyl sites for hydroxylation is 1. The van der Waals surface area contributed by atoms with E-state index in [1.807, 2.05) is 0 Å². The predicted molar refractivity (Wildman–Crippen MR) is 75.5 cm³/mol. The molecular formula is C14H25NOS. The number of hydrogen-bond donors (Lipinski definition) is 1. The molecule has 0 amide bonds. The Morgan fingerprint density at radius 3 is 2.59 bits per heavy atom. The van der Waals surface area contributed by atoms with Crippen molar-refractivity contribution in [2.45, 2.75) is 58.6 Å². The van der Waals surface area contributed by atoms with Gasteiger partial charge in [0.2, 0.25) is 0 Å². The van der Waals surface area contributed by atoms with Gasteiger partial charge in [0.15, 0.2) is 0 Å². The van der Waals surface area contributed by atoms with Crippen LogP contribution in [-0.4, -0.2) is 12.6 Å². The Kier molecular flexibility index (Phi) is 6.78. The van der Waals surface area contributed by atoms with Crippen molar-refractivity contribution in [3.8, 4) is 0 Å². The van der Waals surface area contributed by atoms with Crippen molar-refractivity contribution >= 4 is 11.3 Å². The highest BCUT2D eigenvalue weighted by atomic mass is 32.1. The third-order valence-corrected chi connectivity index (χ3v) is 4.01. The maximum absolute atomic E-state index is 6.15. The summed E-state index contributed by atoms with van der Waals surface area (Å²) in [5, 5.41) is 0. The molecule has 0 bridgehead atoms. The Hall–Kier alpha value is -0.380. The minimum absolute atomic E-state index is 0.0792. The number of unbranched alkanes of at least 4 members (excludes halogenated alkanes) is 2. The Morgan fingerprint density at radius 1 is 1.29 bits per heavy atom. The molecule has 0 aliphatic heterocycles. The average Bonchev–Trinajstić information content (AvgIpc) is 2.75. The van der Waals surface area contributed by atoms with Crippen LogP contribution < -0.4 is 5.73 Å². The Labute approximate surface area is 109 Å². The summed E-state index contributed by atoms with van der Waals surface area (Å²) in [5.41, 5.74) is 6.15. The van der Waals surface area contributed by atoms with Gasteiger partial charge in [-0.05, 0) is 31.9 Å². The smallest absolute Gasteiger partial charge is 0.107 e. The van der Waals surface area contributed by atoms with Crippen LogP contribution in [0.1, 0.15) is 55.4 Å². The van der Waals surface area contributed by atoms with Crippen molar-refractivity contribution in [1.29, 1.82) is 0 Å². The Balaban J connectivity index is 2.55. The summed E-state index contributed by atoms with van der Waals surface area (Å²) in [4.78, 5) is 2.60. The molecule has 2 N–H and O–H groups in total. The normalized spacial score (nSPS) is 14.8. The summed E-state index contributed by atoms with van der Waals surface area (Å²) in [5.74, 6) is 0. The van der Waals surface area contributed by atoms with Crippen molar-refractivity contribution in [3.63, 3.8) is 0 Å². The minimum atomic E-state index is 0.0792. The minimum Gasteiger partial charge on any atom is -0.371 e. The van der Waals surface area contributed by atoms with Crippen molar-refractivity contribution in [2.75, 3.05) is 6.61 Å². The van der Waals surface area contributed by atoms with Crippen LogP contribution in [0.5, 0.6) is 0 Å². The van der Waals surface area contributed by atoms with Gasteiger partial charge in [0.1, 0.15) is 6.10 Å². The van der Waals surface area contributed by atoms with E-state index in [1.165, 1.54) is 22.6 Å². The molecule has 2 atom stereocenters. The predicted octanol–water partition coefficient (Wildman–Crippen LogP) is 4.04. The fourth-order valence-corrected chi connectivity index (χ4v) is 2.80. The topological polar surface area (TPSA) is 35.2 Å². The van der Waals surface area contributed by atoms with E-state index in [-0.39, 0.29) is 12.1 Å². The molecule has 0 saturated heterocycles. The zero-order valence-corrected chi connectivity index (χ0v) is 12.1. The summed E-state index contributed by atoms with van der Waals surface area (Å²) in [6, 6.07) is 4.40. The van der Waals surface area contributed by atoms with Crippen LogP contribution in [0.3, 0.4) is 0 Å².